The second kappa shape index (κ2) is 7.34. The molecule has 1 aromatic rings. The highest BCUT2D eigenvalue weighted by Gasteiger charge is 2.04. The maximum absolute atomic E-state index is 8.78. The van der Waals surface area contributed by atoms with Gasteiger partial charge in [0.05, 0.1) is 12.1 Å². The van der Waals surface area contributed by atoms with Gasteiger partial charge in [-0.3, -0.25) is 0 Å². The average molecular weight is 229 g/mol. The Morgan fingerprint density at radius 3 is 2.47 bits per heavy atom. The number of nitrogens with zero attached hydrogens (tertiary/aromatic N) is 2. The summed E-state index contributed by atoms with van der Waals surface area (Å²) < 4.78 is 0. The van der Waals surface area contributed by atoms with Gasteiger partial charge in [0.15, 0.2) is 0 Å². The van der Waals surface area contributed by atoms with Gasteiger partial charge in [-0.25, -0.2) is 0 Å². The second-order valence-electron chi connectivity index (χ2n) is 3.67. The number of hydrogen-bond acceptors (Lipinski definition) is 3. The quantitative estimate of drug-likeness (QED) is 0.762. The minimum absolute atomic E-state index is 0.741. The van der Waals surface area contributed by atoms with Crippen molar-refractivity contribution < 1.29 is 0 Å². The molecule has 0 aliphatic carbocycles. The lowest BCUT2D eigenvalue weighted by molar-refractivity contribution is 0.352. The molecule has 0 heterocycles. The summed E-state index contributed by atoms with van der Waals surface area (Å²) >= 11 is 0. The average Bonchev–Trinajstić information content (AvgIpc) is 2.38. The monoisotopic (exact) mass is 229 g/mol. The highest BCUT2D eigenvalue weighted by atomic mass is 15.2. The first-order chi connectivity index (χ1) is 8.31. The number of hydrogen-bond donors (Lipinski definition) is 1. The maximum atomic E-state index is 8.78. The molecule has 0 fully saturated rings. The first-order valence-corrected chi connectivity index (χ1v) is 5.94. The van der Waals surface area contributed by atoms with Crippen LogP contribution < -0.4 is 5.32 Å². The Bertz CT molecular complexity index is 386. The molecular weight excluding hydrogens is 210 g/mol. The van der Waals surface area contributed by atoms with Crippen molar-refractivity contribution in [2.45, 2.75) is 20.4 Å². The fourth-order valence-corrected chi connectivity index (χ4v) is 1.67. The third-order valence-electron chi connectivity index (χ3n) is 2.62. The van der Waals surface area contributed by atoms with Crippen molar-refractivity contribution >= 4 is 0 Å². The molecular formula is C14H19N3. The fourth-order valence-electron chi connectivity index (χ4n) is 1.67. The van der Waals surface area contributed by atoms with E-state index in [1.165, 1.54) is 5.56 Å². The summed E-state index contributed by atoms with van der Waals surface area (Å²) in [7, 11) is 0. The molecule has 0 saturated heterocycles. The molecule has 0 aliphatic heterocycles. The van der Waals surface area contributed by atoms with Crippen LogP contribution in [0.25, 0.3) is 0 Å². The van der Waals surface area contributed by atoms with E-state index in [4.69, 9.17) is 5.26 Å². The number of allylic oxidation sites excluding steroid dienone is 1. The number of nitriles is 1. The van der Waals surface area contributed by atoms with Crippen molar-refractivity contribution in [3.05, 3.63) is 47.8 Å². The van der Waals surface area contributed by atoms with E-state index >= 15 is 0 Å². The SMILES string of the molecule is CCN(CC)/C(=C\C#N)NCc1ccccc1. The largest absolute Gasteiger partial charge is 0.367 e. The zero-order valence-electron chi connectivity index (χ0n) is 10.5. The van der Waals surface area contributed by atoms with Gasteiger partial charge in [0.1, 0.15) is 5.82 Å². The third-order valence-corrected chi connectivity index (χ3v) is 2.62. The number of rotatable bonds is 6. The van der Waals surface area contributed by atoms with Crippen LogP contribution in [0.15, 0.2) is 42.2 Å². The van der Waals surface area contributed by atoms with Crippen LogP contribution in [-0.2, 0) is 6.54 Å². The van der Waals surface area contributed by atoms with Gasteiger partial charge in [0, 0.05) is 19.6 Å². The van der Waals surface area contributed by atoms with Crippen molar-refractivity contribution in [1.29, 1.82) is 5.26 Å². The lowest BCUT2D eigenvalue weighted by Gasteiger charge is -2.24. The fraction of sp³-hybridized carbons (Fsp3) is 0.357. The van der Waals surface area contributed by atoms with Crippen LogP contribution >= 0.6 is 0 Å². The van der Waals surface area contributed by atoms with Crippen LogP contribution in [0.4, 0.5) is 0 Å². The van der Waals surface area contributed by atoms with Crippen LogP contribution in [0.1, 0.15) is 19.4 Å². The van der Waals surface area contributed by atoms with Gasteiger partial charge in [-0.05, 0) is 19.4 Å². The Labute approximate surface area is 103 Å². The molecule has 0 bridgehead atoms. The van der Waals surface area contributed by atoms with Gasteiger partial charge in [0.2, 0.25) is 0 Å². The van der Waals surface area contributed by atoms with Gasteiger partial charge >= 0.3 is 0 Å². The molecule has 0 atom stereocenters. The zero-order chi connectivity index (χ0) is 12.5. The highest BCUT2D eigenvalue weighted by molar-refractivity contribution is 5.17. The third kappa shape index (κ3) is 4.20. The molecule has 0 saturated carbocycles. The van der Waals surface area contributed by atoms with E-state index in [0.29, 0.717) is 0 Å². The summed E-state index contributed by atoms with van der Waals surface area (Å²) in [6.07, 6.45) is 1.57. The van der Waals surface area contributed by atoms with Gasteiger partial charge < -0.3 is 10.2 Å². The zero-order valence-corrected chi connectivity index (χ0v) is 10.5. The Kier molecular flexibility index (Phi) is 5.67. The number of benzene rings is 1. The predicted molar refractivity (Wildman–Crippen MR) is 69.9 cm³/mol. The van der Waals surface area contributed by atoms with E-state index in [0.717, 1.165) is 25.5 Å². The molecule has 0 unspecified atom stereocenters. The van der Waals surface area contributed by atoms with Crippen LogP contribution in [0.3, 0.4) is 0 Å². The summed E-state index contributed by atoms with van der Waals surface area (Å²) in [6, 6.07) is 12.3. The Morgan fingerprint density at radius 2 is 1.94 bits per heavy atom. The molecule has 1 rings (SSSR count). The van der Waals surface area contributed by atoms with Gasteiger partial charge in [-0.1, -0.05) is 30.3 Å². The normalized spacial score (nSPS) is 10.8. The summed E-state index contributed by atoms with van der Waals surface area (Å²) in [6.45, 7) is 6.69. The van der Waals surface area contributed by atoms with Crippen LogP contribution in [0, 0.1) is 11.3 Å². The summed E-state index contributed by atoms with van der Waals surface area (Å²) in [5.74, 6) is 0.890. The molecule has 0 aromatic heterocycles. The highest BCUT2D eigenvalue weighted by Crippen LogP contribution is 2.03. The molecule has 17 heavy (non-hydrogen) atoms. The Morgan fingerprint density at radius 1 is 1.29 bits per heavy atom. The molecule has 0 amide bonds. The second-order valence-corrected chi connectivity index (χ2v) is 3.67. The smallest absolute Gasteiger partial charge is 0.112 e. The van der Waals surface area contributed by atoms with Crippen molar-refractivity contribution in [1.82, 2.24) is 10.2 Å². The molecule has 0 spiro atoms. The minimum atomic E-state index is 0.741. The van der Waals surface area contributed by atoms with Crippen LogP contribution in [0.5, 0.6) is 0 Å². The summed E-state index contributed by atoms with van der Waals surface area (Å²) in [4.78, 5) is 2.13. The van der Waals surface area contributed by atoms with Gasteiger partial charge in [-0.15, -0.1) is 0 Å². The molecule has 0 aliphatic rings. The van der Waals surface area contributed by atoms with E-state index in [2.05, 4.69) is 42.3 Å². The maximum Gasteiger partial charge on any atom is 0.112 e. The standard InChI is InChI=1S/C14H19N3/c1-3-17(4-2)14(10-11-15)16-12-13-8-6-5-7-9-13/h5-10,16H,3-4,12H2,1-2H3/b14-10-. The van der Waals surface area contributed by atoms with E-state index in [9.17, 15) is 0 Å². The summed E-state index contributed by atoms with van der Waals surface area (Å²) in [5.41, 5.74) is 1.21. The molecule has 0 radical (unpaired) electrons. The lowest BCUT2D eigenvalue weighted by atomic mass is 10.2. The lowest BCUT2D eigenvalue weighted by Crippen LogP contribution is -2.31. The van der Waals surface area contributed by atoms with E-state index in [1.807, 2.05) is 18.2 Å². The minimum Gasteiger partial charge on any atom is -0.367 e. The van der Waals surface area contributed by atoms with Crippen molar-refractivity contribution in [3.8, 4) is 6.07 Å². The molecule has 3 heteroatoms. The van der Waals surface area contributed by atoms with E-state index < -0.39 is 0 Å². The summed E-state index contributed by atoms with van der Waals surface area (Å²) in [5, 5.41) is 12.1. The molecule has 1 aromatic carbocycles. The van der Waals surface area contributed by atoms with Gasteiger partial charge in [-0.2, -0.15) is 5.26 Å². The van der Waals surface area contributed by atoms with Crippen LogP contribution in [0.2, 0.25) is 0 Å². The van der Waals surface area contributed by atoms with Crippen molar-refractivity contribution in [2.75, 3.05) is 13.1 Å². The predicted octanol–water partition coefficient (Wildman–Crippen LogP) is 2.48. The first kappa shape index (κ1) is 13.1. The Hall–Kier alpha value is -1.95. The first-order valence-electron chi connectivity index (χ1n) is 5.94. The molecule has 1 N–H and O–H groups in total. The van der Waals surface area contributed by atoms with E-state index in [1.54, 1.807) is 6.08 Å². The molecule has 90 valence electrons. The van der Waals surface area contributed by atoms with Gasteiger partial charge in [0.25, 0.3) is 0 Å². The molecule has 3 nitrogen and oxygen atoms in total. The van der Waals surface area contributed by atoms with Crippen molar-refractivity contribution in [2.24, 2.45) is 0 Å². The number of nitrogens with one attached hydrogen (secondary N) is 1. The van der Waals surface area contributed by atoms with Crippen molar-refractivity contribution in [3.63, 3.8) is 0 Å². The van der Waals surface area contributed by atoms with E-state index in [-0.39, 0.29) is 0 Å². The Balaban J connectivity index is 2.63. The topological polar surface area (TPSA) is 39.1 Å². The van der Waals surface area contributed by atoms with Crippen LogP contribution in [-0.4, -0.2) is 18.0 Å².